The van der Waals surface area contributed by atoms with E-state index in [4.69, 9.17) is 0 Å². The largest absolute Gasteiger partial charge is 0.254 e. The van der Waals surface area contributed by atoms with Crippen molar-refractivity contribution in [3.8, 4) is 22.5 Å². The Morgan fingerprint density at radius 3 is 2.13 bits per heavy atom. The van der Waals surface area contributed by atoms with Gasteiger partial charge in [0.05, 0.1) is 11.4 Å². The maximum absolute atomic E-state index is 4.68. The van der Waals surface area contributed by atoms with Gasteiger partial charge < -0.3 is 0 Å². The van der Waals surface area contributed by atoms with E-state index in [0.29, 0.717) is 5.78 Å². The van der Waals surface area contributed by atoms with Gasteiger partial charge in [0.2, 0.25) is 5.16 Å². The van der Waals surface area contributed by atoms with Crippen LogP contribution in [0.1, 0.15) is 0 Å². The van der Waals surface area contributed by atoms with Gasteiger partial charge in [-0.15, -0.1) is 5.10 Å². The van der Waals surface area contributed by atoms with Crippen LogP contribution in [0.3, 0.4) is 0 Å². The van der Waals surface area contributed by atoms with Crippen LogP contribution in [0.15, 0.2) is 71.9 Å². The molecule has 0 saturated heterocycles. The molecule has 2 aromatic carbocycles. The lowest BCUT2D eigenvalue weighted by molar-refractivity contribution is 0.888. The van der Waals surface area contributed by atoms with Crippen LogP contribution in [0, 0.1) is 0 Å². The second-order valence-corrected chi connectivity index (χ2v) is 5.84. The third kappa shape index (κ3) is 2.59. The molecule has 4 rings (SSSR count). The normalized spacial score (nSPS) is 11.0. The zero-order chi connectivity index (χ0) is 15.6. The Bertz CT molecular complexity index is 949. The number of fused-ring (bicyclic) bond motifs is 1. The van der Waals surface area contributed by atoms with E-state index >= 15 is 0 Å². The first-order valence-electron chi connectivity index (χ1n) is 7.28. The van der Waals surface area contributed by atoms with Gasteiger partial charge in [-0.25, -0.2) is 4.98 Å². The standard InChI is InChI=1S/C18H14N4S/c1-23-18-20-17-19-15(13-8-4-2-5-9-13)12-16(22(17)21-18)14-10-6-3-7-11-14/h2-12H,1H3. The summed E-state index contributed by atoms with van der Waals surface area (Å²) in [6.07, 6.45) is 1.97. The third-order valence-electron chi connectivity index (χ3n) is 3.61. The first kappa shape index (κ1) is 14.0. The van der Waals surface area contributed by atoms with E-state index in [1.54, 1.807) is 0 Å². The van der Waals surface area contributed by atoms with Gasteiger partial charge in [0.25, 0.3) is 5.78 Å². The Hall–Kier alpha value is -2.66. The second kappa shape index (κ2) is 5.85. The molecule has 0 aliphatic heterocycles. The van der Waals surface area contributed by atoms with E-state index < -0.39 is 0 Å². The molecule has 2 heterocycles. The molecule has 0 fully saturated rings. The molecule has 0 aliphatic rings. The molecule has 23 heavy (non-hydrogen) atoms. The molecular formula is C18H14N4S. The summed E-state index contributed by atoms with van der Waals surface area (Å²) >= 11 is 1.52. The highest BCUT2D eigenvalue weighted by Crippen LogP contribution is 2.26. The molecule has 0 atom stereocenters. The summed E-state index contributed by atoms with van der Waals surface area (Å²) < 4.78 is 1.81. The fraction of sp³-hybridized carbons (Fsp3) is 0.0556. The molecule has 2 aromatic heterocycles. The molecular weight excluding hydrogens is 304 g/mol. The smallest absolute Gasteiger partial charge is 0.211 e. The van der Waals surface area contributed by atoms with Crippen molar-refractivity contribution in [2.24, 2.45) is 0 Å². The van der Waals surface area contributed by atoms with E-state index in [0.717, 1.165) is 27.7 Å². The molecule has 112 valence electrons. The summed E-state index contributed by atoms with van der Waals surface area (Å²) in [4.78, 5) is 9.18. The van der Waals surface area contributed by atoms with Crippen LogP contribution in [-0.2, 0) is 0 Å². The van der Waals surface area contributed by atoms with Crippen molar-refractivity contribution >= 4 is 17.5 Å². The van der Waals surface area contributed by atoms with Crippen molar-refractivity contribution < 1.29 is 0 Å². The number of benzene rings is 2. The number of aromatic nitrogens is 4. The monoisotopic (exact) mass is 318 g/mol. The van der Waals surface area contributed by atoms with Gasteiger partial charge in [-0.05, 0) is 12.3 Å². The lowest BCUT2D eigenvalue weighted by atomic mass is 10.1. The molecule has 0 spiro atoms. The van der Waals surface area contributed by atoms with Crippen LogP contribution in [0.4, 0.5) is 0 Å². The Morgan fingerprint density at radius 1 is 0.826 bits per heavy atom. The molecule has 5 heteroatoms. The van der Waals surface area contributed by atoms with Crippen LogP contribution in [0.5, 0.6) is 0 Å². The van der Waals surface area contributed by atoms with Gasteiger partial charge in [0, 0.05) is 11.1 Å². The van der Waals surface area contributed by atoms with Crippen molar-refractivity contribution in [2.75, 3.05) is 6.26 Å². The number of hydrogen-bond donors (Lipinski definition) is 0. The van der Waals surface area contributed by atoms with E-state index in [2.05, 4.69) is 45.4 Å². The van der Waals surface area contributed by atoms with Crippen LogP contribution in [-0.4, -0.2) is 25.8 Å². The number of nitrogens with zero attached hydrogens (tertiary/aromatic N) is 4. The Balaban J connectivity index is 2.00. The van der Waals surface area contributed by atoms with Crippen molar-refractivity contribution in [1.29, 1.82) is 0 Å². The minimum atomic E-state index is 0.620. The van der Waals surface area contributed by atoms with Crippen LogP contribution >= 0.6 is 11.8 Å². The highest BCUT2D eigenvalue weighted by molar-refractivity contribution is 7.98. The average Bonchev–Trinajstić information content (AvgIpc) is 3.05. The maximum atomic E-state index is 4.68. The molecule has 0 N–H and O–H groups in total. The van der Waals surface area contributed by atoms with Gasteiger partial charge in [0.1, 0.15) is 0 Å². The Kier molecular flexibility index (Phi) is 3.55. The Morgan fingerprint density at radius 2 is 1.48 bits per heavy atom. The summed E-state index contributed by atoms with van der Waals surface area (Å²) in [6.45, 7) is 0. The summed E-state index contributed by atoms with van der Waals surface area (Å²) in [5, 5.41) is 5.27. The molecule has 0 bridgehead atoms. The second-order valence-electron chi connectivity index (χ2n) is 5.07. The van der Waals surface area contributed by atoms with Gasteiger partial charge in [-0.1, -0.05) is 72.4 Å². The first-order chi connectivity index (χ1) is 11.3. The summed E-state index contributed by atoms with van der Waals surface area (Å²) in [6, 6.07) is 22.4. The summed E-state index contributed by atoms with van der Waals surface area (Å²) in [5.74, 6) is 0.620. The van der Waals surface area contributed by atoms with Gasteiger partial charge in [-0.2, -0.15) is 9.50 Å². The molecule has 0 radical (unpaired) electrons. The van der Waals surface area contributed by atoms with E-state index in [1.807, 2.05) is 47.2 Å². The third-order valence-corrected chi connectivity index (χ3v) is 4.15. The van der Waals surface area contributed by atoms with E-state index in [1.165, 1.54) is 11.8 Å². The fourth-order valence-corrected chi connectivity index (χ4v) is 2.84. The molecule has 0 aliphatic carbocycles. The molecule has 0 saturated carbocycles. The minimum Gasteiger partial charge on any atom is -0.211 e. The number of rotatable bonds is 3. The quantitative estimate of drug-likeness (QED) is 0.532. The molecule has 4 nitrogen and oxygen atoms in total. The van der Waals surface area contributed by atoms with Crippen molar-refractivity contribution in [3.05, 3.63) is 66.7 Å². The average molecular weight is 318 g/mol. The van der Waals surface area contributed by atoms with Crippen molar-refractivity contribution in [2.45, 2.75) is 5.16 Å². The van der Waals surface area contributed by atoms with Crippen molar-refractivity contribution in [1.82, 2.24) is 19.6 Å². The number of hydrogen-bond acceptors (Lipinski definition) is 4. The van der Waals surface area contributed by atoms with Crippen LogP contribution < -0.4 is 0 Å². The SMILES string of the molecule is CSc1nc2nc(-c3ccccc3)cc(-c3ccccc3)n2n1. The first-order valence-corrected chi connectivity index (χ1v) is 8.50. The highest BCUT2D eigenvalue weighted by atomic mass is 32.2. The Labute approximate surface area is 138 Å². The fourth-order valence-electron chi connectivity index (χ4n) is 2.51. The topological polar surface area (TPSA) is 43.1 Å². The van der Waals surface area contributed by atoms with Gasteiger partial charge in [-0.3, -0.25) is 0 Å². The van der Waals surface area contributed by atoms with Gasteiger partial charge >= 0.3 is 0 Å². The lowest BCUT2D eigenvalue weighted by Crippen LogP contribution is -1.98. The molecule has 0 amide bonds. The predicted octanol–water partition coefficient (Wildman–Crippen LogP) is 4.18. The lowest BCUT2D eigenvalue weighted by Gasteiger charge is -2.07. The molecule has 4 aromatic rings. The van der Waals surface area contributed by atoms with E-state index in [-0.39, 0.29) is 0 Å². The summed E-state index contributed by atoms with van der Waals surface area (Å²) in [7, 11) is 0. The zero-order valence-corrected chi connectivity index (χ0v) is 13.4. The van der Waals surface area contributed by atoms with Crippen LogP contribution in [0.2, 0.25) is 0 Å². The predicted molar refractivity (Wildman–Crippen MR) is 93.4 cm³/mol. The van der Waals surface area contributed by atoms with Crippen molar-refractivity contribution in [3.63, 3.8) is 0 Å². The zero-order valence-electron chi connectivity index (χ0n) is 12.5. The molecule has 0 unspecified atom stereocenters. The summed E-state index contributed by atoms with van der Waals surface area (Å²) in [5.41, 5.74) is 4.05. The minimum absolute atomic E-state index is 0.620. The number of thioether (sulfide) groups is 1. The van der Waals surface area contributed by atoms with E-state index in [9.17, 15) is 0 Å². The maximum Gasteiger partial charge on any atom is 0.254 e. The highest BCUT2D eigenvalue weighted by Gasteiger charge is 2.13. The van der Waals surface area contributed by atoms with Gasteiger partial charge in [0.15, 0.2) is 0 Å². The van der Waals surface area contributed by atoms with Crippen LogP contribution in [0.25, 0.3) is 28.3 Å².